The van der Waals surface area contributed by atoms with Crippen LogP contribution in [-0.2, 0) is 16.1 Å². The average molecular weight is 258 g/mol. The molecule has 1 aromatic carbocycles. The van der Waals surface area contributed by atoms with Crippen molar-refractivity contribution in [3.05, 3.63) is 35.9 Å². The van der Waals surface area contributed by atoms with Crippen LogP contribution in [0, 0.1) is 0 Å². The summed E-state index contributed by atoms with van der Waals surface area (Å²) in [5.74, 6) is 0.556. The van der Waals surface area contributed by atoms with Crippen LogP contribution >= 0.6 is 11.6 Å². The van der Waals surface area contributed by atoms with Crippen LogP contribution < -0.4 is 5.32 Å². The van der Waals surface area contributed by atoms with Gasteiger partial charge in [-0.05, 0) is 5.56 Å². The molecule has 0 unspecified atom stereocenters. The van der Waals surface area contributed by atoms with Crippen molar-refractivity contribution in [2.24, 2.45) is 0 Å². The molecule has 0 spiro atoms. The van der Waals surface area contributed by atoms with Crippen LogP contribution in [0.2, 0.25) is 0 Å². The van der Waals surface area contributed by atoms with Crippen molar-refractivity contribution in [3.63, 3.8) is 0 Å². The van der Waals surface area contributed by atoms with E-state index in [0.29, 0.717) is 32.3 Å². The van der Waals surface area contributed by atoms with Gasteiger partial charge in [-0.25, -0.2) is 0 Å². The molecule has 1 aromatic rings. The quantitative estimate of drug-likeness (QED) is 0.514. The molecule has 17 heavy (non-hydrogen) atoms. The van der Waals surface area contributed by atoms with E-state index in [0.717, 1.165) is 13.1 Å². The number of alkyl halides is 1. The topological polar surface area (TPSA) is 30.5 Å². The van der Waals surface area contributed by atoms with Crippen LogP contribution in [-0.4, -0.2) is 38.8 Å². The lowest BCUT2D eigenvalue weighted by Gasteiger charge is -2.06. The van der Waals surface area contributed by atoms with E-state index in [1.54, 1.807) is 0 Å². The number of benzene rings is 1. The van der Waals surface area contributed by atoms with Crippen LogP contribution in [0.25, 0.3) is 0 Å². The predicted molar refractivity (Wildman–Crippen MR) is 70.5 cm³/mol. The Morgan fingerprint density at radius 3 is 2.35 bits per heavy atom. The van der Waals surface area contributed by atoms with Crippen LogP contribution in [0.15, 0.2) is 30.3 Å². The Morgan fingerprint density at radius 2 is 1.65 bits per heavy atom. The fraction of sp³-hybridized carbons (Fsp3) is 0.538. The highest BCUT2D eigenvalue weighted by Crippen LogP contribution is 1.99. The number of halogens is 1. The molecule has 1 rings (SSSR count). The second-order valence-electron chi connectivity index (χ2n) is 3.59. The molecule has 0 amide bonds. The molecule has 0 bridgehead atoms. The Kier molecular flexibility index (Phi) is 8.96. The minimum Gasteiger partial charge on any atom is -0.379 e. The summed E-state index contributed by atoms with van der Waals surface area (Å²) >= 11 is 5.48. The number of rotatable bonds is 10. The summed E-state index contributed by atoms with van der Waals surface area (Å²) in [4.78, 5) is 0. The zero-order valence-corrected chi connectivity index (χ0v) is 10.8. The first kappa shape index (κ1) is 14.5. The van der Waals surface area contributed by atoms with Crippen LogP contribution in [0.1, 0.15) is 5.56 Å². The molecule has 0 aromatic heterocycles. The first-order valence-electron chi connectivity index (χ1n) is 5.89. The normalized spacial score (nSPS) is 10.6. The molecule has 4 heteroatoms. The van der Waals surface area contributed by atoms with E-state index in [4.69, 9.17) is 21.1 Å². The second kappa shape index (κ2) is 10.5. The minimum atomic E-state index is 0.556. The third-order valence-corrected chi connectivity index (χ3v) is 2.33. The van der Waals surface area contributed by atoms with E-state index in [-0.39, 0.29) is 0 Å². The average Bonchev–Trinajstić information content (AvgIpc) is 2.38. The fourth-order valence-electron chi connectivity index (χ4n) is 1.33. The maximum absolute atomic E-state index is 5.52. The second-order valence-corrected chi connectivity index (χ2v) is 3.97. The van der Waals surface area contributed by atoms with E-state index in [2.05, 4.69) is 17.4 Å². The van der Waals surface area contributed by atoms with Gasteiger partial charge in [-0.2, -0.15) is 0 Å². The van der Waals surface area contributed by atoms with Crippen molar-refractivity contribution in [2.75, 3.05) is 38.8 Å². The molecule has 0 aliphatic carbocycles. The zero-order valence-electron chi connectivity index (χ0n) is 10.0. The molecule has 1 N–H and O–H groups in total. The standard InChI is InChI=1S/C13H20ClNO2/c14-6-9-16-10-7-15-8-11-17-12-13-4-2-1-3-5-13/h1-5,15H,6-12H2. The molecule has 0 aliphatic rings. The molecule has 0 aliphatic heterocycles. The lowest BCUT2D eigenvalue weighted by atomic mass is 10.2. The van der Waals surface area contributed by atoms with Crippen molar-refractivity contribution in [3.8, 4) is 0 Å². The number of hydrogen-bond acceptors (Lipinski definition) is 3. The Balaban J connectivity index is 1.85. The van der Waals surface area contributed by atoms with Gasteiger partial charge in [0, 0.05) is 19.0 Å². The Morgan fingerprint density at radius 1 is 0.941 bits per heavy atom. The van der Waals surface area contributed by atoms with Gasteiger partial charge in [0.1, 0.15) is 0 Å². The minimum absolute atomic E-state index is 0.556. The molecule has 0 fully saturated rings. The number of ether oxygens (including phenoxy) is 2. The summed E-state index contributed by atoms with van der Waals surface area (Å²) in [6.45, 7) is 4.39. The van der Waals surface area contributed by atoms with Gasteiger partial charge in [0.25, 0.3) is 0 Å². The van der Waals surface area contributed by atoms with Gasteiger partial charge < -0.3 is 14.8 Å². The largest absolute Gasteiger partial charge is 0.379 e. The van der Waals surface area contributed by atoms with Crippen LogP contribution in [0.3, 0.4) is 0 Å². The number of hydrogen-bond donors (Lipinski definition) is 1. The highest BCUT2D eigenvalue weighted by molar-refractivity contribution is 6.17. The maximum atomic E-state index is 5.52. The van der Waals surface area contributed by atoms with Gasteiger partial charge in [-0.1, -0.05) is 30.3 Å². The summed E-state index contributed by atoms with van der Waals surface area (Å²) in [7, 11) is 0. The van der Waals surface area contributed by atoms with E-state index in [9.17, 15) is 0 Å². The van der Waals surface area contributed by atoms with Gasteiger partial charge in [0.15, 0.2) is 0 Å². The highest BCUT2D eigenvalue weighted by Gasteiger charge is 1.92. The zero-order chi connectivity index (χ0) is 12.2. The summed E-state index contributed by atoms with van der Waals surface area (Å²) in [6, 6.07) is 10.2. The van der Waals surface area contributed by atoms with Gasteiger partial charge in [-0.3, -0.25) is 0 Å². The third-order valence-electron chi connectivity index (χ3n) is 2.18. The molecule has 96 valence electrons. The smallest absolute Gasteiger partial charge is 0.0717 e. The number of nitrogens with one attached hydrogen (secondary N) is 1. The van der Waals surface area contributed by atoms with Crippen molar-refractivity contribution >= 4 is 11.6 Å². The SMILES string of the molecule is ClCCOCCNCCOCc1ccccc1. The van der Waals surface area contributed by atoms with Crippen LogP contribution in [0.5, 0.6) is 0 Å². The third kappa shape index (κ3) is 8.16. The molecule has 3 nitrogen and oxygen atoms in total. The molecule has 0 atom stereocenters. The first-order valence-corrected chi connectivity index (χ1v) is 6.43. The van der Waals surface area contributed by atoms with E-state index in [1.807, 2.05) is 18.2 Å². The fourth-order valence-corrected chi connectivity index (χ4v) is 1.44. The Hall–Kier alpha value is -0.610. The lowest BCUT2D eigenvalue weighted by Crippen LogP contribution is -2.24. The van der Waals surface area contributed by atoms with Crippen molar-refractivity contribution in [1.82, 2.24) is 5.32 Å². The maximum Gasteiger partial charge on any atom is 0.0717 e. The lowest BCUT2D eigenvalue weighted by molar-refractivity contribution is 0.116. The molecular weight excluding hydrogens is 238 g/mol. The first-order chi connectivity index (χ1) is 8.43. The van der Waals surface area contributed by atoms with Gasteiger partial charge in [-0.15, -0.1) is 11.6 Å². The van der Waals surface area contributed by atoms with Gasteiger partial charge in [0.05, 0.1) is 26.4 Å². The summed E-state index contributed by atoms with van der Waals surface area (Å²) in [5.41, 5.74) is 1.21. The molecule has 0 heterocycles. The summed E-state index contributed by atoms with van der Waals surface area (Å²) in [5, 5.41) is 3.24. The predicted octanol–water partition coefficient (Wildman–Crippen LogP) is 2.05. The molecule has 0 saturated heterocycles. The highest BCUT2D eigenvalue weighted by atomic mass is 35.5. The van der Waals surface area contributed by atoms with Crippen molar-refractivity contribution in [2.45, 2.75) is 6.61 Å². The van der Waals surface area contributed by atoms with Crippen molar-refractivity contribution in [1.29, 1.82) is 0 Å². The van der Waals surface area contributed by atoms with Crippen molar-refractivity contribution < 1.29 is 9.47 Å². The summed E-state index contributed by atoms with van der Waals surface area (Å²) in [6.07, 6.45) is 0. The van der Waals surface area contributed by atoms with Crippen LogP contribution in [0.4, 0.5) is 0 Å². The van der Waals surface area contributed by atoms with Gasteiger partial charge in [0.2, 0.25) is 0 Å². The monoisotopic (exact) mass is 257 g/mol. The van der Waals surface area contributed by atoms with E-state index in [1.165, 1.54) is 5.56 Å². The van der Waals surface area contributed by atoms with Gasteiger partial charge >= 0.3 is 0 Å². The Labute approximate surface area is 108 Å². The summed E-state index contributed by atoms with van der Waals surface area (Å²) < 4.78 is 10.7. The van der Waals surface area contributed by atoms with E-state index < -0.39 is 0 Å². The molecular formula is C13H20ClNO2. The van der Waals surface area contributed by atoms with E-state index >= 15 is 0 Å². The molecule has 0 radical (unpaired) electrons. The molecule has 0 saturated carbocycles. The Bertz CT molecular complexity index is 269.